The number of carbonyl (C=O) groups is 2. The number of likely N-dealkylation sites (tertiary alicyclic amines) is 1. The minimum atomic E-state index is -0.352. The number of rotatable bonds is 4. The number of hydrogen-bond donors (Lipinski definition) is 1. The number of piperidine rings is 1. The van der Waals surface area contributed by atoms with Crippen molar-refractivity contribution in [2.45, 2.75) is 31.8 Å². The molecule has 1 atom stereocenters. The normalized spacial score (nSPS) is 19.0. The molecule has 0 radical (unpaired) electrons. The first kappa shape index (κ1) is 15.5. The second-order valence-electron chi connectivity index (χ2n) is 5.40. The second kappa shape index (κ2) is 7.22. The van der Waals surface area contributed by atoms with Gasteiger partial charge in [-0.3, -0.25) is 9.69 Å². The van der Waals surface area contributed by atoms with E-state index in [0.717, 1.165) is 31.4 Å². The molecule has 1 amide bonds. The van der Waals surface area contributed by atoms with Crippen LogP contribution in [0.2, 0.25) is 0 Å². The number of benzene rings is 1. The van der Waals surface area contributed by atoms with E-state index >= 15 is 0 Å². The van der Waals surface area contributed by atoms with Crippen LogP contribution in [0.5, 0.6) is 0 Å². The lowest BCUT2D eigenvalue weighted by atomic mass is 10.0. The van der Waals surface area contributed by atoms with Gasteiger partial charge in [0.2, 0.25) is 5.91 Å². The SMILES string of the molecule is COC(=O)c1ccc(CNC(=O)[C@@H]2CCCCN2C)cc1. The van der Waals surface area contributed by atoms with Gasteiger partial charge in [0.25, 0.3) is 0 Å². The molecule has 1 aromatic rings. The minimum Gasteiger partial charge on any atom is -0.465 e. The molecule has 2 rings (SSSR count). The highest BCUT2D eigenvalue weighted by atomic mass is 16.5. The van der Waals surface area contributed by atoms with Crippen molar-refractivity contribution < 1.29 is 14.3 Å². The summed E-state index contributed by atoms with van der Waals surface area (Å²) in [4.78, 5) is 25.6. The maximum Gasteiger partial charge on any atom is 0.337 e. The highest BCUT2D eigenvalue weighted by Gasteiger charge is 2.25. The fourth-order valence-corrected chi connectivity index (χ4v) is 2.59. The predicted octanol–water partition coefficient (Wildman–Crippen LogP) is 1.57. The van der Waals surface area contributed by atoms with Crippen LogP contribution < -0.4 is 5.32 Å². The molecule has 1 aliphatic heterocycles. The van der Waals surface area contributed by atoms with E-state index in [4.69, 9.17) is 0 Å². The van der Waals surface area contributed by atoms with Crippen LogP contribution in [0.3, 0.4) is 0 Å². The van der Waals surface area contributed by atoms with Gasteiger partial charge >= 0.3 is 5.97 Å². The highest BCUT2D eigenvalue weighted by molar-refractivity contribution is 5.89. The Bertz CT molecular complexity index is 499. The molecular formula is C16H22N2O3. The van der Waals surface area contributed by atoms with E-state index in [0.29, 0.717) is 12.1 Å². The zero-order valence-electron chi connectivity index (χ0n) is 12.6. The molecular weight excluding hydrogens is 268 g/mol. The molecule has 1 fully saturated rings. The van der Waals surface area contributed by atoms with E-state index in [1.165, 1.54) is 7.11 Å². The standard InChI is InChI=1S/C16H22N2O3/c1-18-10-4-3-5-14(18)15(19)17-11-12-6-8-13(9-7-12)16(20)21-2/h6-9,14H,3-5,10-11H2,1-2H3,(H,17,19)/t14-/m0/s1. The Morgan fingerprint density at radius 2 is 2.00 bits per heavy atom. The number of nitrogens with one attached hydrogen (secondary N) is 1. The average molecular weight is 290 g/mol. The maximum absolute atomic E-state index is 12.2. The van der Waals surface area contributed by atoms with E-state index in [9.17, 15) is 9.59 Å². The van der Waals surface area contributed by atoms with E-state index < -0.39 is 0 Å². The maximum atomic E-state index is 12.2. The van der Waals surface area contributed by atoms with Gasteiger partial charge < -0.3 is 10.1 Å². The van der Waals surface area contributed by atoms with Gasteiger partial charge in [0.1, 0.15) is 0 Å². The van der Waals surface area contributed by atoms with Gasteiger partial charge in [-0.05, 0) is 44.1 Å². The number of esters is 1. The lowest BCUT2D eigenvalue weighted by Gasteiger charge is -2.31. The van der Waals surface area contributed by atoms with Crippen molar-refractivity contribution in [2.75, 3.05) is 20.7 Å². The first-order valence-electron chi connectivity index (χ1n) is 7.27. The summed E-state index contributed by atoms with van der Waals surface area (Å²) >= 11 is 0. The van der Waals surface area contributed by atoms with Crippen LogP contribution in [0, 0.1) is 0 Å². The lowest BCUT2D eigenvalue weighted by Crippen LogP contribution is -2.47. The Hall–Kier alpha value is -1.88. The summed E-state index contributed by atoms with van der Waals surface area (Å²) in [6.07, 6.45) is 3.19. The molecule has 0 spiro atoms. The molecule has 0 unspecified atom stereocenters. The Labute approximate surface area is 125 Å². The van der Waals surface area contributed by atoms with Crippen LogP contribution in [0.15, 0.2) is 24.3 Å². The quantitative estimate of drug-likeness (QED) is 0.855. The Kier molecular flexibility index (Phi) is 5.33. The Balaban J connectivity index is 1.87. The number of nitrogens with zero attached hydrogens (tertiary/aromatic N) is 1. The second-order valence-corrected chi connectivity index (χ2v) is 5.40. The van der Waals surface area contributed by atoms with Crippen molar-refractivity contribution in [1.29, 1.82) is 0 Å². The zero-order chi connectivity index (χ0) is 15.2. The molecule has 5 heteroatoms. The third-order valence-corrected chi connectivity index (χ3v) is 3.91. The van der Waals surface area contributed by atoms with Crippen molar-refractivity contribution in [3.05, 3.63) is 35.4 Å². The summed E-state index contributed by atoms with van der Waals surface area (Å²) in [5.41, 5.74) is 1.48. The van der Waals surface area contributed by atoms with Crippen LogP contribution in [0.4, 0.5) is 0 Å². The lowest BCUT2D eigenvalue weighted by molar-refractivity contribution is -0.127. The first-order valence-corrected chi connectivity index (χ1v) is 7.27. The number of ether oxygens (including phenoxy) is 1. The van der Waals surface area contributed by atoms with Crippen LogP contribution in [-0.4, -0.2) is 43.5 Å². The average Bonchev–Trinajstić information content (AvgIpc) is 2.52. The van der Waals surface area contributed by atoms with Gasteiger partial charge in [-0.15, -0.1) is 0 Å². The van der Waals surface area contributed by atoms with Crippen molar-refractivity contribution in [2.24, 2.45) is 0 Å². The molecule has 1 heterocycles. The highest BCUT2D eigenvalue weighted by Crippen LogP contribution is 2.15. The van der Waals surface area contributed by atoms with Gasteiger partial charge in [0.05, 0.1) is 18.7 Å². The summed E-state index contributed by atoms with van der Waals surface area (Å²) < 4.78 is 4.65. The number of methoxy groups -OCH3 is 1. The van der Waals surface area contributed by atoms with Crippen molar-refractivity contribution in [3.63, 3.8) is 0 Å². The van der Waals surface area contributed by atoms with Crippen LogP contribution >= 0.6 is 0 Å². The van der Waals surface area contributed by atoms with Crippen LogP contribution in [0.1, 0.15) is 35.2 Å². The molecule has 1 aliphatic rings. The fraction of sp³-hybridized carbons (Fsp3) is 0.500. The van der Waals surface area contributed by atoms with Gasteiger partial charge in [0, 0.05) is 6.54 Å². The largest absolute Gasteiger partial charge is 0.465 e. The van der Waals surface area contributed by atoms with Crippen molar-refractivity contribution in [3.8, 4) is 0 Å². The third-order valence-electron chi connectivity index (χ3n) is 3.91. The molecule has 5 nitrogen and oxygen atoms in total. The van der Waals surface area contributed by atoms with Gasteiger partial charge in [-0.1, -0.05) is 18.6 Å². The summed E-state index contributed by atoms with van der Waals surface area (Å²) in [7, 11) is 3.35. The van der Waals surface area contributed by atoms with Crippen molar-refractivity contribution in [1.82, 2.24) is 10.2 Å². The van der Waals surface area contributed by atoms with E-state index in [-0.39, 0.29) is 17.9 Å². The smallest absolute Gasteiger partial charge is 0.337 e. The molecule has 1 N–H and O–H groups in total. The number of amides is 1. The molecule has 0 aromatic heterocycles. The fourth-order valence-electron chi connectivity index (χ4n) is 2.59. The number of likely N-dealkylation sites (N-methyl/N-ethyl adjacent to an activating group) is 1. The third kappa shape index (κ3) is 4.04. The van der Waals surface area contributed by atoms with Crippen LogP contribution in [-0.2, 0) is 16.1 Å². The Morgan fingerprint density at radius 3 is 2.62 bits per heavy atom. The van der Waals surface area contributed by atoms with E-state index in [1.54, 1.807) is 12.1 Å². The molecule has 0 aliphatic carbocycles. The Morgan fingerprint density at radius 1 is 1.29 bits per heavy atom. The summed E-state index contributed by atoms with van der Waals surface area (Å²) in [6, 6.07) is 7.06. The monoisotopic (exact) mass is 290 g/mol. The molecule has 21 heavy (non-hydrogen) atoms. The summed E-state index contributed by atoms with van der Waals surface area (Å²) in [5, 5.41) is 2.96. The molecule has 1 saturated heterocycles. The van der Waals surface area contributed by atoms with Crippen molar-refractivity contribution >= 4 is 11.9 Å². The van der Waals surface area contributed by atoms with E-state index in [2.05, 4.69) is 15.0 Å². The number of hydrogen-bond acceptors (Lipinski definition) is 4. The summed E-state index contributed by atoms with van der Waals surface area (Å²) in [5.74, 6) is -0.274. The van der Waals surface area contributed by atoms with Crippen LogP contribution in [0.25, 0.3) is 0 Å². The zero-order valence-corrected chi connectivity index (χ0v) is 12.6. The first-order chi connectivity index (χ1) is 10.1. The number of carbonyl (C=O) groups excluding carboxylic acids is 2. The van der Waals surface area contributed by atoms with Gasteiger partial charge in [-0.25, -0.2) is 4.79 Å². The molecule has 0 saturated carbocycles. The molecule has 114 valence electrons. The minimum absolute atomic E-state index is 0.0203. The molecule has 1 aromatic carbocycles. The van der Waals surface area contributed by atoms with Gasteiger partial charge in [0.15, 0.2) is 0 Å². The molecule has 0 bridgehead atoms. The summed E-state index contributed by atoms with van der Waals surface area (Å²) in [6.45, 7) is 1.45. The predicted molar refractivity (Wildman–Crippen MR) is 79.9 cm³/mol. The van der Waals surface area contributed by atoms with E-state index in [1.807, 2.05) is 19.2 Å². The topological polar surface area (TPSA) is 58.6 Å². The van der Waals surface area contributed by atoms with Gasteiger partial charge in [-0.2, -0.15) is 0 Å².